The molecule has 80 valence electrons. The first-order valence-corrected chi connectivity index (χ1v) is 6.14. The molecule has 4 nitrogen and oxygen atoms in total. The average molecular weight is 226 g/mol. The van der Waals surface area contributed by atoms with E-state index in [1.165, 1.54) is 18.2 Å². The molecule has 0 aromatic heterocycles. The van der Waals surface area contributed by atoms with Gasteiger partial charge in [-0.15, -0.1) is 0 Å². The van der Waals surface area contributed by atoms with Crippen LogP contribution < -0.4 is 0 Å². The molecule has 1 aromatic carbocycles. The maximum absolute atomic E-state index is 11.9. The van der Waals surface area contributed by atoms with Gasteiger partial charge >= 0.3 is 5.97 Å². The molecule has 0 bridgehead atoms. The summed E-state index contributed by atoms with van der Waals surface area (Å²) in [5, 5.41) is 8.49. The Morgan fingerprint density at radius 3 is 2.40 bits per heavy atom. The van der Waals surface area contributed by atoms with Crippen LogP contribution >= 0.6 is 0 Å². The molecule has 1 fully saturated rings. The lowest BCUT2D eigenvalue weighted by Crippen LogP contribution is -2.12. The van der Waals surface area contributed by atoms with Crippen molar-refractivity contribution < 1.29 is 18.3 Å². The summed E-state index contributed by atoms with van der Waals surface area (Å²) >= 11 is 0. The lowest BCUT2D eigenvalue weighted by Gasteiger charge is -2.05. The van der Waals surface area contributed by atoms with Crippen LogP contribution in [0.2, 0.25) is 0 Å². The number of carboxylic acid groups (broad SMARTS) is 1. The predicted octanol–water partition coefficient (Wildman–Crippen LogP) is 1.32. The second-order valence-corrected chi connectivity index (χ2v) is 5.74. The van der Waals surface area contributed by atoms with Crippen molar-refractivity contribution >= 4 is 15.8 Å². The number of sulfone groups is 1. The molecular weight excluding hydrogens is 216 g/mol. The molecule has 15 heavy (non-hydrogen) atoms. The van der Waals surface area contributed by atoms with E-state index in [4.69, 9.17) is 5.11 Å². The minimum Gasteiger partial charge on any atom is -0.478 e. The van der Waals surface area contributed by atoms with Gasteiger partial charge in [0.05, 0.1) is 15.7 Å². The van der Waals surface area contributed by atoms with Crippen molar-refractivity contribution in [3.05, 3.63) is 29.8 Å². The van der Waals surface area contributed by atoms with E-state index >= 15 is 0 Å². The molecule has 1 aliphatic carbocycles. The monoisotopic (exact) mass is 226 g/mol. The number of hydrogen-bond acceptors (Lipinski definition) is 3. The first-order chi connectivity index (χ1) is 7.03. The minimum atomic E-state index is -3.42. The Labute approximate surface area is 87.5 Å². The van der Waals surface area contributed by atoms with Crippen LogP contribution in [0.1, 0.15) is 23.2 Å². The fourth-order valence-corrected chi connectivity index (χ4v) is 3.30. The van der Waals surface area contributed by atoms with Gasteiger partial charge in [-0.05, 0) is 25.0 Å². The number of rotatable bonds is 3. The van der Waals surface area contributed by atoms with Gasteiger partial charge in [0.15, 0.2) is 9.84 Å². The summed E-state index contributed by atoms with van der Waals surface area (Å²) in [5.41, 5.74) is -0.135. The fraction of sp³-hybridized carbons (Fsp3) is 0.300. The van der Waals surface area contributed by atoms with E-state index in [0.29, 0.717) is 12.8 Å². The Balaban J connectivity index is 2.57. The molecule has 0 aliphatic heterocycles. The second kappa shape index (κ2) is 3.34. The zero-order valence-electron chi connectivity index (χ0n) is 7.88. The average Bonchev–Trinajstić information content (AvgIpc) is 3.01. The Kier molecular flexibility index (Phi) is 2.26. The Morgan fingerprint density at radius 1 is 1.27 bits per heavy atom. The third-order valence-electron chi connectivity index (χ3n) is 2.39. The van der Waals surface area contributed by atoms with E-state index in [1.54, 1.807) is 6.07 Å². The topological polar surface area (TPSA) is 71.4 Å². The highest BCUT2D eigenvalue weighted by atomic mass is 32.2. The largest absolute Gasteiger partial charge is 0.478 e. The van der Waals surface area contributed by atoms with Crippen molar-refractivity contribution in [3.63, 3.8) is 0 Å². The zero-order valence-corrected chi connectivity index (χ0v) is 8.70. The van der Waals surface area contributed by atoms with Gasteiger partial charge in [-0.1, -0.05) is 12.1 Å². The van der Waals surface area contributed by atoms with E-state index in [1.807, 2.05) is 0 Å². The van der Waals surface area contributed by atoms with E-state index in [2.05, 4.69) is 0 Å². The van der Waals surface area contributed by atoms with E-state index in [9.17, 15) is 13.2 Å². The highest BCUT2D eigenvalue weighted by Crippen LogP contribution is 2.34. The second-order valence-electron chi connectivity index (χ2n) is 3.55. The SMILES string of the molecule is O=C(O)c1ccccc1S(=O)(=O)C1CC1. The van der Waals surface area contributed by atoms with Crippen molar-refractivity contribution in [2.45, 2.75) is 23.0 Å². The number of carboxylic acids is 1. The first-order valence-electron chi connectivity index (χ1n) is 4.59. The van der Waals surface area contributed by atoms with Crippen LogP contribution in [0.4, 0.5) is 0 Å². The summed E-state index contributed by atoms with van der Waals surface area (Å²) in [5.74, 6) is -1.20. The summed E-state index contributed by atoms with van der Waals surface area (Å²) < 4.78 is 23.7. The van der Waals surface area contributed by atoms with Gasteiger partial charge in [0.25, 0.3) is 0 Å². The highest BCUT2D eigenvalue weighted by molar-refractivity contribution is 7.92. The predicted molar refractivity (Wildman–Crippen MR) is 53.6 cm³/mol. The van der Waals surface area contributed by atoms with Gasteiger partial charge in [-0.25, -0.2) is 13.2 Å². The van der Waals surface area contributed by atoms with Gasteiger partial charge in [0.1, 0.15) is 0 Å². The summed E-state index contributed by atoms with van der Waals surface area (Å²) in [6, 6.07) is 5.74. The fourth-order valence-electron chi connectivity index (χ4n) is 1.45. The first kappa shape index (κ1) is 10.2. The zero-order chi connectivity index (χ0) is 11.1. The van der Waals surface area contributed by atoms with Crippen LogP contribution in [-0.4, -0.2) is 24.7 Å². The van der Waals surface area contributed by atoms with Crippen LogP contribution in [0.5, 0.6) is 0 Å². The van der Waals surface area contributed by atoms with Crippen LogP contribution in [0.15, 0.2) is 29.2 Å². The molecule has 2 rings (SSSR count). The summed E-state index contributed by atoms with van der Waals surface area (Å²) in [4.78, 5) is 10.8. The highest BCUT2D eigenvalue weighted by Gasteiger charge is 2.38. The summed E-state index contributed by atoms with van der Waals surface area (Å²) in [7, 11) is -3.42. The lowest BCUT2D eigenvalue weighted by molar-refractivity contribution is 0.0692. The molecule has 1 N–H and O–H groups in total. The van der Waals surface area contributed by atoms with Crippen molar-refractivity contribution in [1.29, 1.82) is 0 Å². The summed E-state index contributed by atoms with van der Waals surface area (Å²) in [6.07, 6.45) is 1.27. The molecule has 5 heteroatoms. The van der Waals surface area contributed by atoms with Crippen molar-refractivity contribution in [1.82, 2.24) is 0 Å². The molecular formula is C10H10O4S. The van der Waals surface area contributed by atoms with Crippen LogP contribution in [0, 0.1) is 0 Å². The number of aromatic carboxylic acids is 1. The van der Waals surface area contributed by atoms with Gasteiger partial charge < -0.3 is 5.11 Å². The van der Waals surface area contributed by atoms with Crippen molar-refractivity contribution in [3.8, 4) is 0 Å². The third-order valence-corrected chi connectivity index (χ3v) is 4.71. The van der Waals surface area contributed by atoms with Crippen LogP contribution in [-0.2, 0) is 9.84 Å². The third kappa shape index (κ3) is 1.74. The maximum Gasteiger partial charge on any atom is 0.337 e. The molecule has 1 saturated carbocycles. The molecule has 0 heterocycles. The van der Waals surface area contributed by atoms with Crippen molar-refractivity contribution in [2.75, 3.05) is 0 Å². The van der Waals surface area contributed by atoms with Crippen LogP contribution in [0.3, 0.4) is 0 Å². The quantitative estimate of drug-likeness (QED) is 0.843. The smallest absolute Gasteiger partial charge is 0.337 e. The molecule has 0 spiro atoms. The standard InChI is InChI=1S/C10H10O4S/c11-10(12)8-3-1-2-4-9(8)15(13,14)7-5-6-7/h1-4,7H,5-6H2,(H,11,12). The normalized spacial score (nSPS) is 16.3. The lowest BCUT2D eigenvalue weighted by atomic mass is 10.2. The number of carbonyl (C=O) groups is 1. The molecule has 0 unspecified atom stereocenters. The van der Waals surface area contributed by atoms with E-state index in [0.717, 1.165) is 0 Å². The molecule has 0 saturated heterocycles. The Bertz CT molecular complexity index is 500. The molecule has 1 aromatic rings. The number of hydrogen-bond donors (Lipinski definition) is 1. The molecule has 0 amide bonds. The number of benzene rings is 1. The van der Waals surface area contributed by atoms with E-state index in [-0.39, 0.29) is 15.7 Å². The molecule has 1 aliphatic rings. The van der Waals surface area contributed by atoms with E-state index < -0.39 is 15.8 Å². The Morgan fingerprint density at radius 2 is 1.87 bits per heavy atom. The minimum absolute atomic E-state index is 0.0556. The van der Waals surface area contributed by atoms with Gasteiger partial charge in [0.2, 0.25) is 0 Å². The van der Waals surface area contributed by atoms with Crippen LogP contribution in [0.25, 0.3) is 0 Å². The van der Waals surface area contributed by atoms with Gasteiger partial charge in [-0.3, -0.25) is 0 Å². The molecule has 0 atom stereocenters. The van der Waals surface area contributed by atoms with Gasteiger partial charge in [0, 0.05) is 0 Å². The van der Waals surface area contributed by atoms with Gasteiger partial charge in [-0.2, -0.15) is 0 Å². The summed E-state index contributed by atoms with van der Waals surface area (Å²) in [6.45, 7) is 0. The maximum atomic E-state index is 11.9. The van der Waals surface area contributed by atoms with Crippen molar-refractivity contribution in [2.24, 2.45) is 0 Å². The Hall–Kier alpha value is -1.36. The molecule has 0 radical (unpaired) electrons.